The highest BCUT2D eigenvalue weighted by atomic mass is 32.2. The summed E-state index contributed by atoms with van der Waals surface area (Å²) in [6, 6.07) is 10.5. The average molecular weight is 432 g/mol. The first-order valence-electron chi connectivity index (χ1n) is 9.16. The number of esters is 1. The second-order valence-corrected chi connectivity index (χ2v) is 8.58. The second-order valence-electron chi connectivity index (χ2n) is 6.72. The third-order valence-corrected chi connectivity index (χ3v) is 5.93. The number of aromatic nitrogens is 1. The van der Waals surface area contributed by atoms with Crippen molar-refractivity contribution in [3.63, 3.8) is 0 Å². The molecule has 0 saturated carbocycles. The fraction of sp³-hybridized carbons (Fsp3) is 0.238. The average Bonchev–Trinajstić information content (AvgIpc) is 3.10. The molecule has 7 nitrogen and oxygen atoms in total. The number of hydrogen-bond acceptors (Lipinski definition) is 5. The number of carbonyl (C=O) groups is 2. The van der Waals surface area contributed by atoms with Crippen molar-refractivity contribution >= 4 is 38.5 Å². The van der Waals surface area contributed by atoms with E-state index < -0.39 is 33.8 Å². The zero-order valence-corrected chi connectivity index (χ0v) is 17.5. The Hall–Kier alpha value is -3.20. The van der Waals surface area contributed by atoms with E-state index in [-0.39, 0.29) is 17.7 Å². The van der Waals surface area contributed by atoms with Gasteiger partial charge >= 0.3 is 5.97 Å². The monoisotopic (exact) mass is 432 g/mol. The number of nitrogens with zero attached hydrogens (tertiary/aromatic N) is 2. The molecule has 0 unspecified atom stereocenters. The third-order valence-electron chi connectivity index (χ3n) is 4.75. The summed E-state index contributed by atoms with van der Waals surface area (Å²) in [6.07, 6.45) is 2.50. The molecule has 0 saturated heterocycles. The molecule has 158 valence electrons. The van der Waals surface area contributed by atoms with Crippen molar-refractivity contribution in [3.05, 3.63) is 66.1 Å². The van der Waals surface area contributed by atoms with Crippen LogP contribution in [-0.2, 0) is 14.8 Å². The van der Waals surface area contributed by atoms with Crippen LogP contribution in [0.4, 0.5) is 10.1 Å². The smallest absolute Gasteiger partial charge is 0.340 e. The van der Waals surface area contributed by atoms with Crippen molar-refractivity contribution in [3.8, 4) is 0 Å². The minimum absolute atomic E-state index is 0.156. The van der Waals surface area contributed by atoms with E-state index in [2.05, 4.69) is 0 Å². The Bertz CT molecular complexity index is 1200. The lowest BCUT2D eigenvalue weighted by Gasteiger charge is -2.30. The summed E-state index contributed by atoms with van der Waals surface area (Å²) >= 11 is 0. The van der Waals surface area contributed by atoms with Crippen LogP contribution in [0.2, 0.25) is 0 Å². The molecule has 0 amide bonds. The normalized spacial score (nSPS) is 12.5. The van der Waals surface area contributed by atoms with Gasteiger partial charge in [-0.05, 0) is 36.8 Å². The summed E-state index contributed by atoms with van der Waals surface area (Å²) in [7, 11) is -2.64. The van der Waals surface area contributed by atoms with Gasteiger partial charge < -0.3 is 4.74 Å². The van der Waals surface area contributed by atoms with E-state index in [1.54, 1.807) is 31.2 Å². The molecule has 3 rings (SSSR count). The number of fused-ring (bicyclic) bond motifs is 1. The number of carbonyl (C=O) groups excluding carboxylic acids is 2. The molecule has 9 heteroatoms. The number of rotatable bonds is 6. The standard InChI is InChI=1S/C21H21FN2O5S/c1-4-18(24(30(3,27)28)15-11-9-14(22)10-12-15)20(25)23-13-17(21(26)29-2)16-7-5-6-8-19(16)23/h5-13,18H,4H2,1-3H3/t18-/m0/s1. The summed E-state index contributed by atoms with van der Waals surface area (Å²) < 4.78 is 45.5. The number of hydrogen-bond donors (Lipinski definition) is 0. The van der Waals surface area contributed by atoms with Gasteiger partial charge in [0.2, 0.25) is 10.0 Å². The fourth-order valence-electron chi connectivity index (χ4n) is 3.43. The van der Waals surface area contributed by atoms with E-state index in [1.165, 1.54) is 30.0 Å². The Labute approximate surface area is 173 Å². The maximum Gasteiger partial charge on any atom is 0.340 e. The predicted molar refractivity (Wildman–Crippen MR) is 112 cm³/mol. The molecule has 0 aliphatic carbocycles. The highest BCUT2D eigenvalue weighted by molar-refractivity contribution is 7.92. The lowest BCUT2D eigenvalue weighted by Crippen LogP contribution is -2.46. The van der Waals surface area contributed by atoms with Crippen molar-refractivity contribution < 1.29 is 27.1 Å². The largest absolute Gasteiger partial charge is 0.465 e. The summed E-state index contributed by atoms with van der Waals surface area (Å²) in [6.45, 7) is 1.68. The van der Waals surface area contributed by atoms with Gasteiger partial charge in [0.25, 0.3) is 5.91 Å². The lowest BCUT2D eigenvalue weighted by molar-refractivity contribution is 0.0603. The van der Waals surface area contributed by atoms with Crippen LogP contribution in [0.1, 0.15) is 28.5 Å². The zero-order valence-electron chi connectivity index (χ0n) is 16.7. The first-order chi connectivity index (χ1) is 14.2. The molecule has 0 radical (unpaired) electrons. The number of ether oxygens (including phenoxy) is 1. The van der Waals surface area contributed by atoms with Crippen molar-refractivity contribution in [2.45, 2.75) is 19.4 Å². The van der Waals surface area contributed by atoms with Gasteiger partial charge in [0.05, 0.1) is 30.1 Å². The Kier molecular flexibility index (Phi) is 5.93. The second kappa shape index (κ2) is 8.27. The molecular weight excluding hydrogens is 411 g/mol. The Morgan fingerprint density at radius 2 is 1.77 bits per heavy atom. The van der Waals surface area contributed by atoms with E-state index >= 15 is 0 Å². The minimum atomic E-state index is -3.88. The molecule has 0 aliphatic rings. The number of halogens is 1. The van der Waals surface area contributed by atoms with Crippen molar-refractivity contribution in [2.24, 2.45) is 0 Å². The van der Waals surface area contributed by atoms with Crippen LogP contribution < -0.4 is 4.31 Å². The van der Waals surface area contributed by atoms with Crippen LogP contribution >= 0.6 is 0 Å². The van der Waals surface area contributed by atoms with Crippen LogP contribution in [0.3, 0.4) is 0 Å². The number of anilines is 1. The number of methoxy groups -OCH3 is 1. The van der Waals surface area contributed by atoms with E-state index in [1.807, 2.05) is 0 Å². The minimum Gasteiger partial charge on any atom is -0.465 e. The summed E-state index contributed by atoms with van der Waals surface area (Å²) in [5.41, 5.74) is 0.821. The molecule has 1 heterocycles. The molecule has 1 atom stereocenters. The molecule has 30 heavy (non-hydrogen) atoms. The molecule has 3 aromatic rings. The topological polar surface area (TPSA) is 85.7 Å². The van der Waals surface area contributed by atoms with Gasteiger partial charge in [-0.1, -0.05) is 25.1 Å². The Morgan fingerprint density at radius 1 is 1.13 bits per heavy atom. The van der Waals surface area contributed by atoms with Crippen LogP contribution in [-0.4, -0.2) is 44.3 Å². The van der Waals surface area contributed by atoms with Crippen molar-refractivity contribution in [1.82, 2.24) is 4.57 Å². The van der Waals surface area contributed by atoms with Gasteiger partial charge in [0, 0.05) is 11.6 Å². The van der Waals surface area contributed by atoms with E-state index in [0.29, 0.717) is 10.9 Å². The van der Waals surface area contributed by atoms with E-state index in [4.69, 9.17) is 4.74 Å². The maximum absolute atomic E-state index is 13.5. The third kappa shape index (κ3) is 3.93. The molecule has 2 aromatic carbocycles. The molecule has 0 fully saturated rings. The van der Waals surface area contributed by atoms with Gasteiger partial charge in [-0.25, -0.2) is 17.6 Å². The molecule has 0 aliphatic heterocycles. The first kappa shape index (κ1) is 21.5. The molecule has 1 aromatic heterocycles. The summed E-state index contributed by atoms with van der Waals surface area (Å²) in [5, 5.41) is 0.514. The van der Waals surface area contributed by atoms with Gasteiger partial charge in [0.15, 0.2) is 0 Å². The van der Waals surface area contributed by atoms with Gasteiger partial charge in [-0.2, -0.15) is 0 Å². The van der Waals surface area contributed by atoms with Gasteiger partial charge in [0.1, 0.15) is 11.9 Å². The molecule has 0 spiro atoms. The van der Waals surface area contributed by atoms with Crippen LogP contribution in [0.5, 0.6) is 0 Å². The van der Waals surface area contributed by atoms with E-state index in [0.717, 1.165) is 22.7 Å². The molecule has 0 bridgehead atoms. The van der Waals surface area contributed by atoms with Gasteiger partial charge in [-0.3, -0.25) is 13.7 Å². The number of para-hydroxylation sites is 1. The fourth-order valence-corrected chi connectivity index (χ4v) is 4.63. The summed E-state index contributed by atoms with van der Waals surface area (Å²) in [4.78, 5) is 25.6. The Morgan fingerprint density at radius 3 is 2.33 bits per heavy atom. The lowest BCUT2D eigenvalue weighted by atomic mass is 10.1. The highest BCUT2D eigenvalue weighted by Gasteiger charge is 2.33. The number of benzene rings is 2. The predicted octanol–water partition coefficient (Wildman–Crippen LogP) is 3.45. The molecule has 0 N–H and O–H groups in total. The first-order valence-corrected chi connectivity index (χ1v) is 11.0. The quantitative estimate of drug-likeness (QED) is 0.557. The Balaban J connectivity index is 2.16. The van der Waals surface area contributed by atoms with Crippen molar-refractivity contribution in [2.75, 3.05) is 17.7 Å². The van der Waals surface area contributed by atoms with Crippen LogP contribution in [0.15, 0.2) is 54.7 Å². The van der Waals surface area contributed by atoms with Crippen LogP contribution in [0, 0.1) is 5.82 Å². The molecular formula is C21H21FN2O5S. The highest BCUT2D eigenvalue weighted by Crippen LogP contribution is 2.27. The van der Waals surface area contributed by atoms with E-state index in [9.17, 15) is 22.4 Å². The number of sulfonamides is 1. The summed E-state index contributed by atoms with van der Waals surface area (Å²) in [5.74, 6) is -1.67. The SMILES string of the molecule is CC[C@@H](C(=O)n1cc(C(=O)OC)c2ccccc21)N(c1ccc(F)cc1)S(C)(=O)=O. The maximum atomic E-state index is 13.5. The zero-order chi connectivity index (χ0) is 22.1. The van der Waals surface area contributed by atoms with Crippen LogP contribution in [0.25, 0.3) is 10.9 Å². The van der Waals surface area contributed by atoms with Crippen molar-refractivity contribution in [1.29, 1.82) is 0 Å². The van der Waals surface area contributed by atoms with Gasteiger partial charge in [-0.15, -0.1) is 0 Å².